The molecule has 0 amide bonds. The van der Waals surface area contributed by atoms with E-state index in [0.717, 1.165) is 49.9 Å². The standard InChI is InChI=1S/C23H33N3O2S.HI/c1-17-6-7-20(22(12-17)28-16-19-8-9-27-15-19)14-26-23(24-3)25-13-18(2)11-21-5-4-10-29-21;/h4-7,10,12,18-19H,8-9,11,13-16H2,1-3H3,(H2,24,25,26);1H. The van der Waals surface area contributed by atoms with Crippen LogP contribution in [-0.2, 0) is 17.7 Å². The normalized spacial score (nSPS) is 17.3. The molecular formula is C23H34IN3O2S. The molecule has 0 aliphatic carbocycles. The molecule has 2 unspecified atom stereocenters. The molecule has 5 nitrogen and oxygen atoms in total. The molecule has 2 heterocycles. The van der Waals surface area contributed by atoms with E-state index in [4.69, 9.17) is 9.47 Å². The van der Waals surface area contributed by atoms with Gasteiger partial charge in [-0.05, 0) is 48.8 Å². The molecule has 1 aliphatic heterocycles. The lowest BCUT2D eigenvalue weighted by molar-refractivity contribution is 0.166. The molecule has 0 saturated carbocycles. The van der Waals surface area contributed by atoms with Gasteiger partial charge in [-0.2, -0.15) is 0 Å². The summed E-state index contributed by atoms with van der Waals surface area (Å²) in [7, 11) is 1.81. The Morgan fingerprint density at radius 1 is 1.33 bits per heavy atom. The highest BCUT2D eigenvalue weighted by Gasteiger charge is 2.17. The molecule has 30 heavy (non-hydrogen) atoms. The summed E-state index contributed by atoms with van der Waals surface area (Å²) in [6.07, 6.45) is 2.17. The molecular weight excluding hydrogens is 509 g/mol. The number of thiophene rings is 1. The fourth-order valence-electron chi connectivity index (χ4n) is 3.38. The summed E-state index contributed by atoms with van der Waals surface area (Å²) >= 11 is 1.82. The van der Waals surface area contributed by atoms with Gasteiger partial charge in [0.25, 0.3) is 0 Å². The van der Waals surface area contributed by atoms with Crippen LogP contribution in [0.25, 0.3) is 0 Å². The van der Waals surface area contributed by atoms with Crippen molar-refractivity contribution in [3.8, 4) is 5.75 Å². The first-order valence-electron chi connectivity index (χ1n) is 10.4. The summed E-state index contributed by atoms with van der Waals surface area (Å²) in [5, 5.41) is 9.01. The molecule has 1 aromatic heterocycles. The van der Waals surface area contributed by atoms with Crippen LogP contribution in [0.3, 0.4) is 0 Å². The van der Waals surface area contributed by atoms with Gasteiger partial charge in [0.15, 0.2) is 5.96 Å². The number of benzene rings is 1. The largest absolute Gasteiger partial charge is 0.493 e. The van der Waals surface area contributed by atoms with Crippen LogP contribution in [0.4, 0.5) is 0 Å². The predicted octanol–water partition coefficient (Wildman–Crippen LogP) is 4.63. The summed E-state index contributed by atoms with van der Waals surface area (Å²) in [6, 6.07) is 10.7. The second kappa shape index (κ2) is 13.2. The molecule has 1 aliphatic rings. The monoisotopic (exact) mass is 543 g/mol. The molecule has 1 fully saturated rings. The minimum Gasteiger partial charge on any atom is -0.493 e. The third-order valence-electron chi connectivity index (χ3n) is 5.14. The molecule has 2 atom stereocenters. The van der Waals surface area contributed by atoms with E-state index in [9.17, 15) is 0 Å². The van der Waals surface area contributed by atoms with Gasteiger partial charge in [0.2, 0.25) is 0 Å². The molecule has 1 saturated heterocycles. The van der Waals surface area contributed by atoms with E-state index in [2.05, 4.69) is 65.2 Å². The number of nitrogens with zero attached hydrogens (tertiary/aromatic N) is 1. The number of hydrogen-bond donors (Lipinski definition) is 2. The Morgan fingerprint density at radius 3 is 2.90 bits per heavy atom. The first-order chi connectivity index (χ1) is 14.1. The molecule has 1 aromatic carbocycles. The average molecular weight is 544 g/mol. The minimum absolute atomic E-state index is 0. The van der Waals surface area contributed by atoms with Gasteiger partial charge in [-0.1, -0.05) is 25.1 Å². The topological polar surface area (TPSA) is 54.9 Å². The zero-order valence-corrected chi connectivity index (χ0v) is 21.3. The Kier molecular flexibility index (Phi) is 11.0. The van der Waals surface area contributed by atoms with Gasteiger partial charge < -0.3 is 20.1 Å². The fourth-order valence-corrected chi connectivity index (χ4v) is 4.25. The number of guanidine groups is 1. The van der Waals surface area contributed by atoms with Gasteiger partial charge in [-0.3, -0.25) is 4.99 Å². The second-order valence-corrected chi connectivity index (χ2v) is 8.88. The number of ether oxygens (including phenoxy) is 2. The van der Waals surface area contributed by atoms with Crippen molar-refractivity contribution in [2.24, 2.45) is 16.8 Å². The van der Waals surface area contributed by atoms with E-state index < -0.39 is 0 Å². The van der Waals surface area contributed by atoms with Gasteiger partial charge in [0.05, 0.1) is 13.2 Å². The van der Waals surface area contributed by atoms with Crippen molar-refractivity contribution in [2.45, 2.75) is 33.2 Å². The highest BCUT2D eigenvalue weighted by molar-refractivity contribution is 14.0. The van der Waals surface area contributed by atoms with Gasteiger partial charge in [-0.25, -0.2) is 0 Å². The van der Waals surface area contributed by atoms with Crippen LogP contribution in [0.2, 0.25) is 0 Å². The van der Waals surface area contributed by atoms with Gasteiger partial charge in [0.1, 0.15) is 5.75 Å². The molecule has 0 radical (unpaired) electrons. The van der Waals surface area contributed by atoms with E-state index in [1.165, 1.54) is 10.4 Å². The van der Waals surface area contributed by atoms with E-state index in [1.807, 2.05) is 18.4 Å². The highest BCUT2D eigenvalue weighted by atomic mass is 127. The lowest BCUT2D eigenvalue weighted by Crippen LogP contribution is -2.39. The zero-order chi connectivity index (χ0) is 20.5. The molecule has 2 N–H and O–H groups in total. The van der Waals surface area contributed by atoms with Crippen LogP contribution in [0.1, 0.15) is 29.3 Å². The Labute approximate surface area is 201 Å². The van der Waals surface area contributed by atoms with Crippen molar-refractivity contribution in [3.05, 3.63) is 51.7 Å². The molecule has 0 bridgehead atoms. The molecule has 2 aromatic rings. The minimum atomic E-state index is 0. The second-order valence-electron chi connectivity index (χ2n) is 7.85. The van der Waals surface area contributed by atoms with Crippen LogP contribution in [0.5, 0.6) is 5.75 Å². The first-order valence-corrected chi connectivity index (χ1v) is 11.3. The fraction of sp³-hybridized carbons (Fsp3) is 0.522. The van der Waals surface area contributed by atoms with Crippen LogP contribution in [0, 0.1) is 18.8 Å². The zero-order valence-electron chi connectivity index (χ0n) is 18.1. The summed E-state index contributed by atoms with van der Waals surface area (Å²) in [4.78, 5) is 5.80. The van der Waals surface area contributed by atoms with Crippen LogP contribution in [0.15, 0.2) is 40.7 Å². The number of halogens is 1. The number of aliphatic imine (C=N–C) groups is 1. The third-order valence-corrected chi connectivity index (χ3v) is 6.04. The maximum Gasteiger partial charge on any atom is 0.191 e. The summed E-state index contributed by atoms with van der Waals surface area (Å²) in [5.74, 6) is 2.80. The first kappa shape index (κ1) is 24.9. The van der Waals surface area contributed by atoms with E-state index in [-0.39, 0.29) is 24.0 Å². The quantitative estimate of drug-likeness (QED) is 0.275. The maximum absolute atomic E-state index is 6.15. The van der Waals surface area contributed by atoms with Gasteiger partial charge in [0, 0.05) is 43.1 Å². The Hall–Kier alpha value is -1.32. The number of nitrogens with one attached hydrogen (secondary N) is 2. The Bertz CT molecular complexity index is 777. The molecule has 7 heteroatoms. The summed E-state index contributed by atoms with van der Waals surface area (Å²) in [5.41, 5.74) is 2.35. The molecule has 3 rings (SSSR count). The lowest BCUT2D eigenvalue weighted by atomic mass is 10.1. The van der Waals surface area contributed by atoms with Crippen molar-refractivity contribution >= 4 is 41.3 Å². The van der Waals surface area contributed by atoms with Crippen LogP contribution < -0.4 is 15.4 Å². The van der Waals surface area contributed by atoms with Crippen LogP contribution in [-0.4, -0.2) is 39.4 Å². The number of rotatable bonds is 9. The Morgan fingerprint density at radius 2 is 2.20 bits per heavy atom. The third kappa shape index (κ3) is 8.07. The number of hydrogen-bond acceptors (Lipinski definition) is 4. The average Bonchev–Trinajstić information content (AvgIpc) is 3.41. The van der Waals surface area contributed by atoms with E-state index >= 15 is 0 Å². The smallest absolute Gasteiger partial charge is 0.191 e. The van der Waals surface area contributed by atoms with Crippen molar-refractivity contribution in [2.75, 3.05) is 33.4 Å². The predicted molar refractivity (Wildman–Crippen MR) is 136 cm³/mol. The maximum atomic E-state index is 6.15. The molecule has 0 spiro atoms. The van der Waals surface area contributed by atoms with E-state index in [0.29, 0.717) is 25.0 Å². The van der Waals surface area contributed by atoms with Gasteiger partial charge in [-0.15, -0.1) is 35.3 Å². The van der Waals surface area contributed by atoms with Crippen molar-refractivity contribution in [1.29, 1.82) is 0 Å². The van der Waals surface area contributed by atoms with Gasteiger partial charge >= 0.3 is 0 Å². The highest BCUT2D eigenvalue weighted by Crippen LogP contribution is 2.22. The lowest BCUT2D eigenvalue weighted by Gasteiger charge is -2.18. The van der Waals surface area contributed by atoms with Crippen molar-refractivity contribution in [3.63, 3.8) is 0 Å². The van der Waals surface area contributed by atoms with Crippen molar-refractivity contribution in [1.82, 2.24) is 10.6 Å². The SMILES string of the molecule is CN=C(NCc1ccc(C)cc1OCC1CCOC1)NCC(C)Cc1cccs1.I. The van der Waals surface area contributed by atoms with Crippen molar-refractivity contribution < 1.29 is 9.47 Å². The van der Waals surface area contributed by atoms with E-state index in [1.54, 1.807) is 0 Å². The Balaban J connectivity index is 0.00000320. The number of aryl methyl sites for hydroxylation is 1. The molecule has 166 valence electrons. The summed E-state index contributed by atoms with van der Waals surface area (Å²) in [6.45, 7) is 8.29. The van der Waals surface area contributed by atoms with Crippen LogP contribution >= 0.6 is 35.3 Å². The summed E-state index contributed by atoms with van der Waals surface area (Å²) < 4.78 is 11.6.